The summed E-state index contributed by atoms with van der Waals surface area (Å²) >= 11 is 0. The molecule has 0 aliphatic heterocycles. The third-order valence-corrected chi connectivity index (χ3v) is 2.98. The Hall–Kier alpha value is -2.66. The van der Waals surface area contributed by atoms with Gasteiger partial charge in [0.2, 0.25) is 0 Å². The largest absolute Gasteiger partial charge is 0.462 e. The Kier molecular flexibility index (Phi) is 5.23. The number of carbonyl (C=O) groups excluding carboxylic acids is 1. The molecule has 0 unspecified atom stereocenters. The summed E-state index contributed by atoms with van der Waals surface area (Å²) in [7, 11) is 0. The quantitative estimate of drug-likeness (QED) is 0.638. The van der Waals surface area contributed by atoms with E-state index in [9.17, 15) is 35.5 Å². The highest BCUT2D eigenvalue weighted by molar-refractivity contribution is 5.95. The molecule has 0 radical (unpaired) electrons. The Morgan fingerprint density at radius 3 is 2.35 bits per heavy atom. The molecule has 0 saturated carbocycles. The maximum Gasteiger partial charge on any atom is 0.434 e. The van der Waals surface area contributed by atoms with Gasteiger partial charge < -0.3 is 10.1 Å². The Balaban J connectivity index is 2.58. The fourth-order valence-corrected chi connectivity index (χ4v) is 1.97. The standard InChI is InChI=1S/C14H10F7N3O2/c1-2-26-12(25)7-3-6-4-8(15)11(22-5-13(16,17)18)24-10(6)23-9(7)14(19,20)21/h3-4H,2,5H2,1H3,(H,22,23,24). The number of halogens is 7. The van der Waals surface area contributed by atoms with Crippen LogP contribution in [-0.4, -0.2) is 35.3 Å². The van der Waals surface area contributed by atoms with Crippen LogP contribution in [0.4, 0.5) is 36.6 Å². The van der Waals surface area contributed by atoms with Gasteiger partial charge in [-0.05, 0) is 19.1 Å². The topological polar surface area (TPSA) is 64.1 Å². The van der Waals surface area contributed by atoms with E-state index in [4.69, 9.17) is 0 Å². The number of anilines is 1. The van der Waals surface area contributed by atoms with Crippen LogP contribution in [0.1, 0.15) is 23.0 Å². The predicted octanol–water partition coefficient (Wildman–Crippen LogP) is 3.94. The van der Waals surface area contributed by atoms with Crippen LogP contribution in [-0.2, 0) is 10.9 Å². The summed E-state index contributed by atoms with van der Waals surface area (Å²) in [6.45, 7) is -0.476. The first kappa shape index (κ1) is 19.7. The molecular formula is C14H10F7N3O2. The van der Waals surface area contributed by atoms with Crippen molar-refractivity contribution in [3.05, 3.63) is 29.2 Å². The molecule has 2 rings (SSSR count). The molecular weight excluding hydrogens is 375 g/mol. The molecule has 142 valence electrons. The first-order chi connectivity index (χ1) is 11.9. The number of aromatic nitrogens is 2. The number of nitrogens with one attached hydrogen (secondary N) is 1. The molecule has 26 heavy (non-hydrogen) atoms. The van der Waals surface area contributed by atoms with Gasteiger partial charge in [-0.1, -0.05) is 0 Å². The van der Waals surface area contributed by atoms with E-state index in [0.29, 0.717) is 12.1 Å². The molecule has 0 aromatic carbocycles. The summed E-state index contributed by atoms with van der Waals surface area (Å²) in [5, 5.41) is 1.33. The second-order valence-corrected chi connectivity index (χ2v) is 4.94. The van der Waals surface area contributed by atoms with E-state index in [2.05, 4.69) is 14.7 Å². The van der Waals surface area contributed by atoms with Gasteiger partial charge in [0, 0.05) is 5.39 Å². The number of carbonyl (C=O) groups is 1. The summed E-state index contributed by atoms with van der Waals surface area (Å²) in [6, 6.07) is 1.30. The molecule has 12 heteroatoms. The Morgan fingerprint density at radius 2 is 1.81 bits per heavy atom. The molecule has 0 aliphatic rings. The van der Waals surface area contributed by atoms with Crippen molar-refractivity contribution in [3.8, 4) is 0 Å². The van der Waals surface area contributed by atoms with Crippen LogP contribution in [0.5, 0.6) is 0 Å². The number of fused-ring (bicyclic) bond motifs is 1. The lowest BCUT2D eigenvalue weighted by atomic mass is 10.1. The van der Waals surface area contributed by atoms with Crippen molar-refractivity contribution >= 4 is 22.8 Å². The Morgan fingerprint density at radius 1 is 1.15 bits per heavy atom. The van der Waals surface area contributed by atoms with Gasteiger partial charge in [0.1, 0.15) is 6.54 Å². The summed E-state index contributed by atoms with van der Waals surface area (Å²) < 4.78 is 94.3. The number of hydrogen-bond donors (Lipinski definition) is 1. The predicted molar refractivity (Wildman–Crippen MR) is 75.0 cm³/mol. The molecule has 2 aromatic rings. The van der Waals surface area contributed by atoms with Crippen molar-refractivity contribution in [1.82, 2.24) is 9.97 Å². The molecule has 0 fully saturated rings. The van der Waals surface area contributed by atoms with Crippen LogP contribution < -0.4 is 5.32 Å². The van der Waals surface area contributed by atoms with Crippen LogP contribution in [0.2, 0.25) is 0 Å². The lowest BCUT2D eigenvalue weighted by Gasteiger charge is -2.14. The fraction of sp³-hybridized carbons (Fsp3) is 0.357. The molecule has 2 heterocycles. The third-order valence-electron chi connectivity index (χ3n) is 2.98. The molecule has 0 atom stereocenters. The van der Waals surface area contributed by atoms with Gasteiger partial charge in [-0.3, -0.25) is 0 Å². The maximum absolute atomic E-state index is 13.9. The Bertz CT molecular complexity index is 834. The second kappa shape index (κ2) is 6.92. The normalized spacial score (nSPS) is 12.3. The number of esters is 1. The van der Waals surface area contributed by atoms with E-state index in [-0.39, 0.29) is 12.0 Å². The van der Waals surface area contributed by atoms with E-state index in [1.54, 1.807) is 5.32 Å². The van der Waals surface area contributed by atoms with E-state index in [1.165, 1.54) is 6.92 Å². The summed E-state index contributed by atoms with van der Waals surface area (Å²) in [5.41, 5.74) is -3.27. The molecule has 0 aliphatic carbocycles. The number of hydrogen-bond acceptors (Lipinski definition) is 5. The van der Waals surface area contributed by atoms with Gasteiger partial charge in [-0.15, -0.1) is 0 Å². The number of nitrogens with zero attached hydrogens (tertiary/aromatic N) is 2. The average molecular weight is 385 g/mol. The van der Waals surface area contributed by atoms with Crippen LogP contribution in [0.15, 0.2) is 12.1 Å². The highest BCUT2D eigenvalue weighted by atomic mass is 19.4. The van der Waals surface area contributed by atoms with Gasteiger partial charge in [0.15, 0.2) is 23.0 Å². The zero-order valence-corrected chi connectivity index (χ0v) is 12.9. The number of pyridine rings is 2. The minimum atomic E-state index is -5.06. The zero-order chi connectivity index (χ0) is 19.7. The molecule has 1 N–H and O–H groups in total. The van der Waals surface area contributed by atoms with E-state index in [0.717, 1.165) is 0 Å². The van der Waals surface area contributed by atoms with Crippen molar-refractivity contribution in [2.75, 3.05) is 18.5 Å². The summed E-state index contributed by atoms with van der Waals surface area (Å²) in [5.74, 6) is -3.49. The molecule has 0 saturated heterocycles. The average Bonchev–Trinajstić information content (AvgIpc) is 2.50. The van der Waals surface area contributed by atoms with E-state index in [1.807, 2.05) is 0 Å². The van der Waals surface area contributed by atoms with Crippen molar-refractivity contribution in [1.29, 1.82) is 0 Å². The lowest BCUT2D eigenvalue weighted by molar-refractivity contribution is -0.141. The zero-order valence-electron chi connectivity index (χ0n) is 12.9. The van der Waals surface area contributed by atoms with Crippen molar-refractivity contribution in [3.63, 3.8) is 0 Å². The third kappa shape index (κ3) is 4.49. The Labute approximate surface area is 141 Å². The SMILES string of the molecule is CCOC(=O)c1cc2cc(F)c(NCC(F)(F)F)nc2nc1C(F)(F)F. The first-order valence-corrected chi connectivity index (χ1v) is 6.98. The first-order valence-electron chi connectivity index (χ1n) is 6.98. The minimum absolute atomic E-state index is 0.207. The van der Waals surface area contributed by atoms with Crippen molar-refractivity contribution < 1.29 is 40.3 Å². The van der Waals surface area contributed by atoms with Crippen molar-refractivity contribution in [2.24, 2.45) is 0 Å². The van der Waals surface area contributed by atoms with Gasteiger partial charge in [0.05, 0.1) is 12.2 Å². The molecule has 0 spiro atoms. The highest BCUT2D eigenvalue weighted by Gasteiger charge is 2.38. The van der Waals surface area contributed by atoms with E-state index < -0.39 is 53.4 Å². The summed E-state index contributed by atoms with van der Waals surface area (Å²) in [4.78, 5) is 18.2. The van der Waals surface area contributed by atoms with Crippen molar-refractivity contribution in [2.45, 2.75) is 19.3 Å². The number of alkyl halides is 6. The maximum atomic E-state index is 13.9. The molecule has 0 bridgehead atoms. The smallest absolute Gasteiger partial charge is 0.434 e. The van der Waals surface area contributed by atoms with Crippen LogP contribution in [0.25, 0.3) is 11.0 Å². The van der Waals surface area contributed by atoms with Crippen LogP contribution >= 0.6 is 0 Å². The van der Waals surface area contributed by atoms with Gasteiger partial charge in [-0.25, -0.2) is 19.2 Å². The fourth-order valence-electron chi connectivity index (χ4n) is 1.97. The van der Waals surface area contributed by atoms with Gasteiger partial charge >= 0.3 is 18.3 Å². The van der Waals surface area contributed by atoms with Gasteiger partial charge in [-0.2, -0.15) is 26.3 Å². The van der Waals surface area contributed by atoms with Gasteiger partial charge in [0.25, 0.3) is 0 Å². The monoisotopic (exact) mass is 385 g/mol. The minimum Gasteiger partial charge on any atom is -0.462 e. The molecule has 5 nitrogen and oxygen atoms in total. The molecule has 0 amide bonds. The van der Waals surface area contributed by atoms with Crippen LogP contribution in [0.3, 0.4) is 0 Å². The lowest BCUT2D eigenvalue weighted by Crippen LogP contribution is -2.22. The number of rotatable bonds is 4. The molecule has 2 aromatic heterocycles. The second-order valence-electron chi connectivity index (χ2n) is 4.94. The highest BCUT2D eigenvalue weighted by Crippen LogP contribution is 2.33. The van der Waals surface area contributed by atoms with E-state index >= 15 is 0 Å². The van der Waals surface area contributed by atoms with Crippen LogP contribution in [0, 0.1) is 5.82 Å². The summed E-state index contributed by atoms with van der Waals surface area (Å²) in [6.07, 6.45) is -9.76. The number of ether oxygens (including phenoxy) is 1.